The third-order valence-electron chi connectivity index (χ3n) is 5.82. The molecule has 0 aliphatic carbocycles. The van der Waals surface area contributed by atoms with Crippen LogP contribution in [-0.4, -0.2) is 23.9 Å². The highest BCUT2D eigenvalue weighted by molar-refractivity contribution is 8.00. The number of nitrogens with one attached hydrogen (secondary N) is 2. The molecule has 5 rings (SSSR count). The number of carbonyl (C=O) groups is 2. The summed E-state index contributed by atoms with van der Waals surface area (Å²) >= 11 is 8.74. The third-order valence-corrected chi connectivity index (χ3v) is 8.25. The van der Waals surface area contributed by atoms with Crippen molar-refractivity contribution in [1.29, 1.82) is 0 Å². The van der Waals surface area contributed by atoms with Crippen molar-refractivity contribution in [2.24, 2.45) is 0 Å². The maximum Gasteiger partial charge on any atom is 0.244 e. The van der Waals surface area contributed by atoms with Crippen LogP contribution < -0.4 is 15.4 Å². The number of rotatable bonds is 9. The van der Waals surface area contributed by atoms with Crippen LogP contribution in [0.1, 0.15) is 16.4 Å². The van der Waals surface area contributed by atoms with E-state index in [2.05, 4.69) is 15.6 Å². The zero-order valence-corrected chi connectivity index (χ0v) is 23.3. The highest BCUT2D eigenvalue weighted by Gasteiger charge is 2.23. The van der Waals surface area contributed by atoms with Gasteiger partial charge in [-0.2, -0.15) is 0 Å². The number of methoxy groups -OCH3 is 1. The molecule has 0 saturated heterocycles. The van der Waals surface area contributed by atoms with Crippen LogP contribution in [0.5, 0.6) is 5.75 Å². The molecule has 0 saturated carbocycles. The number of benzene rings is 4. The van der Waals surface area contributed by atoms with Crippen molar-refractivity contribution in [2.45, 2.75) is 16.6 Å². The minimum atomic E-state index is -0.534. The van der Waals surface area contributed by atoms with Gasteiger partial charge in [0.25, 0.3) is 0 Å². The number of carbonyl (C=O) groups excluding carboxylic acids is 2. The van der Waals surface area contributed by atoms with E-state index < -0.39 is 5.25 Å². The maximum atomic E-state index is 13.5. The van der Waals surface area contributed by atoms with E-state index in [-0.39, 0.29) is 18.2 Å². The second-order valence-electron chi connectivity index (χ2n) is 8.63. The Morgan fingerprint density at radius 2 is 1.74 bits per heavy atom. The van der Waals surface area contributed by atoms with E-state index in [9.17, 15) is 9.59 Å². The second-order valence-corrected chi connectivity index (χ2v) is 11.3. The van der Waals surface area contributed by atoms with Gasteiger partial charge in [-0.15, -0.1) is 11.8 Å². The molecule has 196 valence electrons. The normalized spacial score (nSPS) is 11.6. The average Bonchev–Trinajstić information content (AvgIpc) is 3.35. The van der Waals surface area contributed by atoms with Crippen molar-refractivity contribution in [1.82, 2.24) is 4.98 Å². The lowest BCUT2D eigenvalue weighted by Crippen LogP contribution is -2.19. The van der Waals surface area contributed by atoms with Gasteiger partial charge >= 0.3 is 0 Å². The Hall–Kier alpha value is -3.85. The number of hydrogen-bond donors (Lipinski definition) is 2. The first-order valence-electron chi connectivity index (χ1n) is 12.1. The standard InChI is InChI=1S/C30H24ClN3O3S2/c1-37-23-14-15-25-26(18-23)39-30(33-25)34-29(36)28(20-6-3-2-4-7-20)38-24-9-5-8-22(17-24)32-27(35)16-19-10-12-21(31)13-11-19/h2-15,17-18,28H,16H2,1H3,(H,32,35)(H,33,34,36). The highest BCUT2D eigenvalue weighted by atomic mass is 35.5. The summed E-state index contributed by atoms with van der Waals surface area (Å²) in [4.78, 5) is 31.6. The van der Waals surface area contributed by atoms with Crippen LogP contribution in [0.3, 0.4) is 0 Å². The summed E-state index contributed by atoms with van der Waals surface area (Å²) in [7, 11) is 1.62. The predicted molar refractivity (Wildman–Crippen MR) is 160 cm³/mol. The first kappa shape index (κ1) is 26.7. The lowest BCUT2D eigenvalue weighted by Gasteiger charge is -2.17. The van der Waals surface area contributed by atoms with E-state index in [0.29, 0.717) is 15.8 Å². The van der Waals surface area contributed by atoms with Gasteiger partial charge in [0.1, 0.15) is 11.0 Å². The summed E-state index contributed by atoms with van der Waals surface area (Å²) in [6.45, 7) is 0. The van der Waals surface area contributed by atoms with Crippen molar-refractivity contribution >= 4 is 67.5 Å². The summed E-state index contributed by atoms with van der Waals surface area (Å²) in [6.07, 6.45) is 0.234. The smallest absolute Gasteiger partial charge is 0.244 e. The molecular weight excluding hydrogens is 550 g/mol. The summed E-state index contributed by atoms with van der Waals surface area (Å²) in [5.41, 5.74) is 3.19. The van der Waals surface area contributed by atoms with E-state index in [1.54, 1.807) is 19.2 Å². The summed E-state index contributed by atoms with van der Waals surface area (Å²) in [5.74, 6) is 0.417. The van der Waals surface area contributed by atoms with Crippen LogP contribution in [0, 0.1) is 0 Å². The number of ether oxygens (including phenoxy) is 1. The number of thioether (sulfide) groups is 1. The molecule has 6 nitrogen and oxygen atoms in total. The van der Waals surface area contributed by atoms with Crippen molar-refractivity contribution in [2.75, 3.05) is 17.7 Å². The van der Waals surface area contributed by atoms with Gasteiger partial charge in [0, 0.05) is 15.6 Å². The van der Waals surface area contributed by atoms with Crippen LogP contribution in [-0.2, 0) is 16.0 Å². The van der Waals surface area contributed by atoms with Gasteiger partial charge in [-0.25, -0.2) is 4.98 Å². The van der Waals surface area contributed by atoms with Crippen molar-refractivity contribution in [3.05, 3.63) is 113 Å². The number of anilines is 2. The largest absolute Gasteiger partial charge is 0.497 e. The first-order valence-corrected chi connectivity index (χ1v) is 14.2. The fraction of sp³-hybridized carbons (Fsp3) is 0.100. The quantitative estimate of drug-likeness (QED) is 0.177. The monoisotopic (exact) mass is 573 g/mol. The van der Waals surface area contributed by atoms with Crippen molar-refractivity contribution < 1.29 is 14.3 Å². The van der Waals surface area contributed by atoms with Gasteiger partial charge in [0.05, 0.1) is 23.7 Å². The second kappa shape index (κ2) is 12.3. The minimum absolute atomic E-state index is 0.135. The van der Waals surface area contributed by atoms with Crippen LogP contribution in [0.15, 0.2) is 102 Å². The van der Waals surface area contributed by atoms with E-state index in [1.165, 1.54) is 23.1 Å². The third kappa shape index (κ3) is 6.97. The lowest BCUT2D eigenvalue weighted by atomic mass is 10.1. The molecule has 0 radical (unpaired) electrons. The van der Waals surface area contributed by atoms with Gasteiger partial charge in [0.15, 0.2) is 5.13 Å². The Kier molecular flexibility index (Phi) is 8.46. The number of fused-ring (bicyclic) bond motifs is 1. The van der Waals surface area contributed by atoms with Gasteiger partial charge < -0.3 is 15.4 Å². The molecular formula is C30H24ClN3O3S2. The molecule has 39 heavy (non-hydrogen) atoms. The molecule has 0 spiro atoms. The summed E-state index contributed by atoms with van der Waals surface area (Å²) < 4.78 is 6.23. The number of thiazole rings is 1. The van der Waals surface area contributed by atoms with Crippen molar-refractivity contribution in [3.63, 3.8) is 0 Å². The zero-order valence-electron chi connectivity index (χ0n) is 20.9. The van der Waals surface area contributed by atoms with E-state index >= 15 is 0 Å². The molecule has 1 aromatic heterocycles. The van der Waals surface area contributed by atoms with Gasteiger partial charge in [-0.1, -0.05) is 71.5 Å². The van der Waals surface area contributed by atoms with Gasteiger partial charge in [0.2, 0.25) is 11.8 Å². The number of nitrogens with zero attached hydrogens (tertiary/aromatic N) is 1. The molecule has 0 aliphatic rings. The van der Waals surface area contributed by atoms with Gasteiger partial charge in [-0.3, -0.25) is 9.59 Å². The predicted octanol–water partition coefficient (Wildman–Crippen LogP) is 7.61. The van der Waals surface area contributed by atoms with Crippen LogP contribution in [0.4, 0.5) is 10.8 Å². The molecule has 2 N–H and O–H groups in total. The van der Waals surface area contributed by atoms with E-state index in [4.69, 9.17) is 16.3 Å². The Balaban J connectivity index is 1.32. The van der Waals surface area contributed by atoms with Crippen LogP contribution in [0.2, 0.25) is 5.02 Å². The highest BCUT2D eigenvalue weighted by Crippen LogP contribution is 2.38. The molecule has 0 fully saturated rings. The Labute approximate surface area is 239 Å². The Morgan fingerprint density at radius 3 is 2.51 bits per heavy atom. The molecule has 4 aromatic carbocycles. The fourth-order valence-electron chi connectivity index (χ4n) is 3.93. The Bertz CT molecular complexity index is 1610. The number of amides is 2. The molecule has 1 unspecified atom stereocenters. The topological polar surface area (TPSA) is 80.3 Å². The van der Waals surface area contributed by atoms with Crippen molar-refractivity contribution in [3.8, 4) is 5.75 Å². The van der Waals surface area contributed by atoms with Crippen LogP contribution in [0.25, 0.3) is 10.2 Å². The maximum absolute atomic E-state index is 13.5. The molecule has 2 amide bonds. The number of hydrogen-bond acceptors (Lipinski definition) is 6. The zero-order chi connectivity index (χ0) is 27.2. The SMILES string of the molecule is COc1ccc2nc(NC(=O)C(Sc3cccc(NC(=O)Cc4ccc(Cl)cc4)c3)c3ccccc3)sc2c1. The average molecular weight is 574 g/mol. The molecule has 1 heterocycles. The minimum Gasteiger partial charge on any atom is -0.497 e. The summed E-state index contributed by atoms with van der Waals surface area (Å²) in [6, 6.07) is 29.9. The first-order chi connectivity index (χ1) is 19.0. The van der Waals surface area contributed by atoms with Crippen LogP contribution >= 0.6 is 34.7 Å². The number of aromatic nitrogens is 1. The lowest BCUT2D eigenvalue weighted by molar-refractivity contribution is -0.116. The molecule has 9 heteroatoms. The molecule has 0 bridgehead atoms. The Morgan fingerprint density at radius 1 is 0.949 bits per heavy atom. The summed E-state index contributed by atoms with van der Waals surface area (Å²) in [5, 5.41) is 6.56. The van der Waals surface area contributed by atoms with E-state index in [1.807, 2.05) is 84.9 Å². The molecule has 5 aromatic rings. The fourth-order valence-corrected chi connectivity index (χ4v) is 6.04. The molecule has 1 atom stereocenters. The van der Waals surface area contributed by atoms with E-state index in [0.717, 1.165) is 32.0 Å². The van der Waals surface area contributed by atoms with Gasteiger partial charge in [-0.05, 0) is 59.7 Å². The number of halogens is 1. The molecule has 0 aliphatic heterocycles.